The third-order valence-electron chi connectivity index (χ3n) is 5.56. The van der Waals surface area contributed by atoms with Gasteiger partial charge in [-0.2, -0.15) is 0 Å². The number of benzene rings is 3. The average molecular weight is 497 g/mol. The van der Waals surface area contributed by atoms with Gasteiger partial charge in [-0.15, -0.1) is 10.2 Å². The Morgan fingerprint density at radius 3 is 2.19 bits per heavy atom. The van der Waals surface area contributed by atoms with Crippen molar-refractivity contribution in [2.45, 2.75) is 11.7 Å². The molecule has 0 fully saturated rings. The van der Waals surface area contributed by atoms with Crippen molar-refractivity contribution in [3.63, 3.8) is 0 Å². The second-order valence-corrected chi connectivity index (χ2v) is 8.80. The fraction of sp³-hybridized carbons (Fsp3) is 0.107. The van der Waals surface area contributed by atoms with E-state index >= 15 is 0 Å². The highest BCUT2D eigenvalue weighted by molar-refractivity contribution is 7.99. The number of furan rings is 1. The molecule has 0 saturated heterocycles. The maximum atomic E-state index is 13.5. The molecule has 2 heterocycles. The van der Waals surface area contributed by atoms with Crippen LogP contribution in [0.3, 0.4) is 0 Å². The normalized spacial score (nSPS) is 10.8. The number of thioether (sulfide) groups is 1. The van der Waals surface area contributed by atoms with E-state index in [0.29, 0.717) is 23.3 Å². The molecule has 0 atom stereocenters. The lowest BCUT2D eigenvalue weighted by molar-refractivity contribution is -0.115. The molecule has 0 radical (unpaired) electrons. The standard InChI is InChI=1S/C28H24N4O3S/c1-34-25-17-9-8-16-24(25)27-29-30-28(31(27)19-23-15-10-18-35-23)36-20-26(33)32(21-11-4-2-5-12-21)22-13-6-3-7-14-22/h2-18H,19-20H2,1H3. The number of anilines is 2. The molecule has 0 spiro atoms. The highest BCUT2D eigenvalue weighted by atomic mass is 32.2. The van der Waals surface area contributed by atoms with E-state index in [2.05, 4.69) is 10.2 Å². The van der Waals surface area contributed by atoms with Gasteiger partial charge in [-0.1, -0.05) is 60.3 Å². The van der Waals surface area contributed by atoms with Gasteiger partial charge in [0.15, 0.2) is 11.0 Å². The fourth-order valence-electron chi connectivity index (χ4n) is 3.91. The van der Waals surface area contributed by atoms with E-state index < -0.39 is 0 Å². The number of hydrogen-bond donors (Lipinski definition) is 0. The Labute approximate surface area is 213 Å². The zero-order valence-electron chi connectivity index (χ0n) is 19.7. The number of aromatic nitrogens is 3. The summed E-state index contributed by atoms with van der Waals surface area (Å²) in [7, 11) is 1.63. The smallest absolute Gasteiger partial charge is 0.242 e. The minimum Gasteiger partial charge on any atom is -0.496 e. The van der Waals surface area contributed by atoms with Crippen LogP contribution in [0.15, 0.2) is 113 Å². The van der Waals surface area contributed by atoms with Crippen molar-refractivity contribution in [1.82, 2.24) is 14.8 Å². The van der Waals surface area contributed by atoms with E-state index in [-0.39, 0.29) is 11.7 Å². The minimum absolute atomic E-state index is 0.0659. The van der Waals surface area contributed by atoms with Gasteiger partial charge >= 0.3 is 0 Å². The van der Waals surface area contributed by atoms with E-state index in [0.717, 1.165) is 22.7 Å². The summed E-state index contributed by atoms with van der Waals surface area (Å²) in [6.45, 7) is 0.422. The molecular formula is C28H24N4O3S. The van der Waals surface area contributed by atoms with Crippen LogP contribution in [-0.4, -0.2) is 33.5 Å². The van der Waals surface area contributed by atoms with Crippen molar-refractivity contribution in [2.24, 2.45) is 0 Å². The van der Waals surface area contributed by atoms with Crippen molar-refractivity contribution in [2.75, 3.05) is 17.8 Å². The van der Waals surface area contributed by atoms with Gasteiger partial charge in [-0.3, -0.25) is 14.3 Å². The van der Waals surface area contributed by atoms with Crippen LogP contribution in [0.4, 0.5) is 11.4 Å². The summed E-state index contributed by atoms with van der Waals surface area (Å²) in [5.74, 6) is 2.20. The molecule has 0 N–H and O–H groups in total. The van der Waals surface area contributed by atoms with Gasteiger partial charge in [0.2, 0.25) is 5.91 Å². The topological polar surface area (TPSA) is 73.4 Å². The lowest BCUT2D eigenvalue weighted by Crippen LogP contribution is -2.27. The van der Waals surface area contributed by atoms with Crippen molar-refractivity contribution in [3.05, 3.63) is 109 Å². The van der Waals surface area contributed by atoms with Crippen molar-refractivity contribution >= 4 is 29.0 Å². The van der Waals surface area contributed by atoms with Crippen LogP contribution in [0, 0.1) is 0 Å². The second-order valence-electron chi connectivity index (χ2n) is 7.86. The molecule has 36 heavy (non-hydrogen) atoms. The Balaban J connectivity index is 1.45. The van der Waals surface area contributed by atoms with Gasteiger partial charge < -0.3 is 9.15 Å². The monoisotopic (exact) mass is 496 g/mol. The van der Waals surface area contributed by atoms with Gasteiger partial charge in [0, 0.05) is 11.4 Å². The molecule has 0 aliphatic carbocycles. The van der Waals surface area contributed by atoms with E-state index in [1.165, 1.54) is 11.8 Å². The molecule has 0 aliphatic heterocycles. The second kappa shape index (κ2) is 11.0. The van der Waals surface area contributed by atoms with Crippen LogP contribution in [0.25, 0.3) is 11.4 Å². The van der Waals surface area contributed by atoms with Gasteiger partial charge in [-0.05, 0) is 48.5 Å². The summed E-state index contributed by atoms with van der Waals surface area (Å²) in [6, 6.07) is 30.7. The van der Waals surface area contributed by atoms with Crippen LogP contribution in [0.1, 0.15) is 5.76 Å². The Bertz CT molecular complexity index is 1380. The largest absolute Gasteiger partial charge is 0.496 e. The fourth-order valence-corrected chi connectivity index (χ4v) is 4.69. The molecule has 5 aromatic rings. The summed E-state index contributed by atoms with van der Waals surface area (Å²) in [6.07, 6.45) is 1.64. The summed E-state index contributed by atoms with van der Waals surface area (Å²) >= 11 is 1.34. The number of carbonyl (C=O) groups is 1. The predicted octanol–water partition coefficient (Wildman–Crippen LogP) is 6.05. The van der Waals surface area contributed by atoms with Crippen molar-refractivity contribution in [3.8, 4) is 17.1 Å². The lowest BCUT2D eigenvalue weighted by Gasteiger charge is -2.23. The van der Waals surface area contributed by atoms with Crippen LogP contribution >= 0.6 is 11.8 Å². The van der Waals surface area contributed by atoms with Crippen LogP contribution in [0.2, 0.25) is 0 Å². The van der Waals surface area contributed by atoms with Crippen LogP contribution in [0.5, 0.6) is 5.75 Å². The summed E-state index contributed by atoms with van der Waals surface area (Å²) in [5.41, 5.74) is 2.43. The Kier molecular flexibility index (Phi) is 7.14. The molecule has 1 amide bonds. The van der Waals surface area contributed by atoms with E-state index in [4.69, 9.17) is 9.15 Å². The zero-order valence-corrected chi connectivity index (χ0v) is 20.5. The van der Waals surface area contributed by atoms with Crippen LogP contribution in [-0.2, 0) is 11.3 Å². The van der Waals surface area contributed by atoms with Gasteiger partial charge in [0.25, 0.3) is 0 Å². The number of carbonyl (C=O) groups excluding carboxylic acids is 1. The number of para-hydroxylation sites is 3. The minimum atomic E-state index is -0.0659. The number of methoxy groups -OCH3 is 1. The summed E-state index contributed by atoms with van der Waals surface area (Å²) in [5, 5.41) is 9.51. The zero-order chi connectivity index (χ0) is 24.7. The number of amides is 1. The Morgan fingerprint density at radius 2 is 1.56 bits per heavy atom. The quantitative estimate of drug-likeness (QED) is 0.231. The number of rotatable bonds is 9. The van der Waals surface area contributed by atoms with Crippen LogP contribution < -0.4 is 9.64 Å². The van der Waals surface area contributed by atoms with E-state index in [9.17, 15) is 4.79 Å². The highest BCUT2D eigenvalue weighted by Crippen LogP contribution is 2.32. The molecular weight excluding hydrogens is 472 g/mol. The first kappa shape index (κ1) is 23.4. The van der Waals surface area contributed by atoms with Gasteiger partial charge in [0.1, 0.15) is 11.5 Å². The van der Waals surface area contributed by atoms with Crippen molar-refractivity contribution < 1.29 is 13.9 Å². The maximum Gasteiger partial charge on any atom is 0.242 e. The predicted molar refractivity (Wildman–Crippen MR) is 141 cm³/mol. The number of ether oxygens (including phenoxy) is 1. The molecule has 0 aliphatic rings. The summed E-state index contributed by atoms with van der Waals surface area (Å²) in [4.78, 5) is 15.3. The van der Waals surface area contributed by atoms with E-state index in [1.54, 1.807) is 18.3 Å². The Morgan fingerprint density at radius 1 is 0.889 bits per heavy atom. The Hall–Kier alpha value is -4.30. The molecule has 5 rings (SSSR count). The number of nitrogens with zero attached hydrogens (tertiary/aromatic N) is 4. The van der Waals surface area contributed by atoms with Crippen molar-refractivity contribution in [1.29, 1.82) is 0 Å². The molecule has 8 heteroatoms. The van der Waals surface area contributed by atoms with Gasteiger partial charge in [0.05, 0.1) is 31.2 Å². The molecule has 3 aromatic carbocycles. The lowest BCUT2D eigenvalue weighted by atomic mass is 10.2. The third kappa shape index (κ3) is 5.04. The first-order chi connectivity index (χ1) is 17.7. The van der Waals surface area contributed by atoms with E-state index in [1.807, 2.05) is 102 Å². The average Bonchev–Trinajstić information content (AvgIpc) is 3.59. The molecule has 180 valence electrons. The first-order valence-electron chi connectivity index (χ1n) is 11.4. The molecule has 0 unspecified atom stereocenters. The number of hydrogen-bond acceptors (Lipinski definition) is 6. The molecule has 2 aromatic heterocycles. The molecule has 0 saturated carbocycles. The first-order valence-corrected chi connectivity index (χ1v) is 12.4. The SMILES string of the molecule is COc1ccccc1-c1nnc(SCC(=O)N(c2ccccc2)c2ccccc2)n1Cc1ccco1. The highest BCUT2D eigenvalue weighted by Gasteiger charge is 2.22. The third-order valence-corrected chi connectivity index (χ3v) is 6.51. The molecule has 0 bridgehead atoms. The van der Waals surface area contributed by atoms with Gasteiger partial charge in [-0.25, -0.2) is 0 Å². The maximum absolute atomic E-state index is 13.5. The summed E-state index contributed by atoms with van der Waals surface area (Å²) < 4.78 is 13.1. The molecule has 7 nitrogen and oxygen atoms in total.